The summed E-state index contributed by atoms with van der Waals surface area (Å²) in [7, 11) is 3.07. The average Bonchev–Trinajstić information content (AvgIpc) is 2.34. The number of ether oxygens (including phenoxy) is 4. The van der Waals surface area contributed by atoms with E-state index in [1.54, 1.807) is 6.92 Å². The Labute approximate surface area is 72.1 Å². The molecule has 0 aromatic carbocycles. The Balaban J connectivity index is 2.64. The summed E-state index contributed by atoms with van der Waals surface area (Å²) in [5.74, 6) is -0.266. The van der Waals surface area contributed by atoms with E-state index in [9.17, 15) is 0 Å². The average molecular weight is 174 g/mol. The molecular formula is C8H14O4. The topological polar surface area (TPSA) is 36.9 Å². The zero-order chi connectivity index (χ0) is 9.19. The second-order valence-electron chi connectivity index (χ2n) is 2.75. The molecule has 0 aliphatic carbocycles. The molecule has 1 aliphatic heterocycles. The van der Waals surface area contributed by atoms with Gasteiger partial charge in [0.15, 0.2) is 0 Å². The minimum Gasteiger partial charge on any atom is -0.460 e. The summed E-state index contributed by atoms with van der Waals surface area (Å²) in [5, 5.41) is 0. The van der Waals surface area contributed by atoms with Gasteiger partial charge in [-0.05, 0) is 0 Å². The van der Waals surface area contributed by atoms with E-state index in [-0.39, 0.29) is 0 Å². The van der Waals surface area contributed by atoms with Gasteiger partial charge in [0.1, 0.15) is 12.4 Å². The Morgan fingerprint density at radius 3 is 2.42 bits per heavy atom. The van der Waals surface area contributed by atoms with E-state index < -0.39 is 12.1 Å². The lowest BCUT2D eigenvalue weighted by molar-refractivity contribution is -0.287. The fraction of sp³-hybridized carbons (Fsp3) is 0.750. The molecule has 0 N–H and O–H groups in total. The van der Waals surface area contributed by atoms with Crippen LogP contribution in [0, 0.1) is 0 Å². The minimum atomic E-state index is -0.861. The molecule has 0 bridgehead atoms. The van der Waals surface area contributed by atoms with Gasteiger partial charge < -0.3 is 18.9 Å². The SMILES string of the molecule is C=C1COC(C)(C(OC)OC)O1. The van der Waals surface area contributed by atoms with Crippen molar-refractivity contribution in [1.82, 2.24) is 0 Å². The summed E-state index contributed by atoms with van der Waals surface area (Å²) < 4.78 is 20.7. The van der Waals surface area contributed by atoms with Crippen LogP contribution in [0.1, 0.15) is 6.92 Å². The molecule has 1 atom stereocenters. The molecule has 0 aromatic heterocycles. The Morgan fingerprint density at radius 1 is 1.50 bits per heavy atom. The molecule has 12 heavy (non-hydrogen) atoms. The molecule has 1 aliphatic rings. The van der Waals surface area contributed by atoms with Gasteiger partial charge in [0, 0.05) is 21.1 Å². The summed E-state index contributed by atoms with van der Waals surface area (Å²) in [4.78, 5) is 0. The van der Waals surface area contributed by atoms with Crippen LogP contribution in [0.15, 0.2) is 12.3 Å². The van der Waals surface area contributed by atoms with Crippen LogP contribution in [-0.4, -0.2) is 32.9 Å². The number of rotatable bonds is 3. The Kier molecular flexibility index (Phi) is 2.72. The predicted molar refractivity (Wildman–Crippen MR) is 42.4 cm³/mol. The molecule has 4 nitrogen and oxygen atoms in total. The van der Waals surface area contributed by atoms with E-state index in [4.69, 9.17) is 18.9 Å². The third-order valence-electron chi connectivity index (χ3n) is 1.72. The molecule has 0 amide bonds. The van der Waals surface area contributed by atoms with Crippen molar-refractivity contribution in [3.05, 3.63) is 12.3 Å². The van der Waals surface area contributed by atoms with Gasteiger partial charge in [-0.3, -0.25) is 0 Å². The van der Waals surface area contributed by atoms with Crippen LogP contribution in [-0.2, 0) is 18.9 Å². The molecule has 1 heterocycles. The van der Waals surface area contributed by atoms with Crippen molar-refractivity contribution in [2.75, 3.05) is 20.8 Å². The number of hydrogen-bond acceptors (Lipinski definition) is 4. The second kappa shape index (κ2) is 3.43. The van der Waals surface area contributed by atoms with Gasteiger partial charge in [-0.1, -0.05) is 6.58 Å². The van der Waals surface area contributed by atoms with Crippen LogP contribution in [0.2, 0.25) is 0 Å². The van der Waals surface area contributed by atoms with Gasteiger partial charge in [-0.15, -0.1) is 0 Å². The Bertz CT molecular complexity index is 176. The number of methoxy groups -OCH3 is 2. The largest absolute Gasteiger partial charge is 0.460 e. The van der Waals surface area contributed by atoms with Gasteiger partial charge in [-0.2, -0.15) is 0 Å². The van der Waals surface area contributed by atoms with Crippen LogP contribution in [0.3, 0.4) is 0 Å². The van der Waals surface area contributed by atoms with E-state index in [1.807, 2.05) is 0 Å². The summed E-state index contributed by atoms with van der Waals surface area (Å²) in [6.45, 7) is 5.78. The highest BCUT2D eigenvalue weighted by molar-refractivity contribution is 4.93. The van der Waals surface area contributed by atoms with Crippen LogP contribution < -0.4 is 0 Å². The van der Waals surface area contributed by atoms with Crippen molar-refractivity contribution in [3.8, 4) is 0 Å². The third kappa shape index (κ3) is 1.60. The Morgan fingerprint density at radius 2 is 2.08 bits per heavy atom. The molecule has 1 saturated heterocycles. The molecule has 4 heteroatoms. The van der Waals surface area contributed by atoms with E-state index in [0.29, 0.717) is 12.4 Å². The van der Waals surface area contributed by atoms with E-state index >= 15 is 0 Å². The van der Waals surface area contributed by atoms with Crippen molar-refractivity contribution in [3.63, 3.8) is 0 Å². The molecule has 70 valence electrons. The van der Waals surface area contributed by atoms with Crippen molar-refractivity contribution < 1.29 is 18.9 Å². The zero-order valence-electron chi connectivity index (χ0n) is 7.62. The van der Waals surface area contributed by atoms with E-state index in [1.165, 1.54) is 14.2 Å². The summed E-state index contributed by atoms with van der Waals surface area (Å²) in [6.07, 6.45) is -0.531. The van der Waals surface area contributed by atoms with Gasteiger partial charge in [-0.25, -0.2) is 0 Å². The zero-order valence-corrected chi connectivity index (χ0v) is 7.62. The first-order valence-corrected chi connectivity index (χ1v) is 3.68. The van der Waals surface area contributed by atoms with Crippen LogP contribution in [0.5, 0.6) is 0 Å². The maximum Gasteiger partial charge on any atom is 0.259 e. The predicted octanol–water partition coefficient (Wildman–Crippen LogP) is 0.882. The molecule has 0 aromatic rings. The summed E-state index contributed by atoms with van der Waals surface area (Å²) in [5.41, 5.74) is 0. The quantitative estimate of drug-likeness (QED) is 0.595. The van der Waals surface area contributed by atoms with Crippen molar-refractivity contribution in [2.45, 2.75) is 19.0 Å². The smallest absolute Gasteiger partial charge is 0.259 e. The third-order valence-corrected chi connectivity index (χ3v) is 1.72. The van der Waals surface area contributed by atoms with Gasteiger partial charge >= 0.3 is 0 Å². The highest BCUT2D eigenvalue weighted by Gasteiger charge is 2.43. The molecule has 1 fully saturated rings. The lowest BCUT2D eigenvalue weighted by Gasteiger charge is -2.29. The van der Waals surface area contributed by atoms with Crippen LogP contribution in [0.25, 0.3) is 0 Å². The first-order chi connectivity index (χ1) is 5.62. The van der Waals surface area contributed by atoms with Crippen LogP contribution in [0.4, 0.5) is 0 Å². The van der Waals surface area contributed by atoms with Crippen LogP contribution >= 0.6 is 0 Å². The van der Waals surface area contributed by atoms with E-state index in [0.717, 1.165) is 0 Å². The fourth-order valence-electron chi connectivity index (χ4n) is 1.21. The van der Waals surface area contributed by atoms with Crippen molar-refractivity contribution in [1.29, 1.82) is 0 Å². The molecule has 1 unspecified atom stereocenters. The highest BCUT2D eigenvalue weighted by Crippen LogP contribution is 2.29. The van der Waals surface area contributed by atoms with Gasteiger partial charge in [0.25, 0.3) is 5.79 Å². The summed E-state index contributed by atoms with van der Waals surface area (Å²) in [6, 6.07) is 0. The lowest BCUT2D eigenvalue weighted by atomic mass is 10.3. The minimum absolute atomic E-state index is 0.389. The Hall–Kier alpha value is -0.580. The van der Waals surface area contributed by atoms with Gasteiger partial charge in [0.05, 0.1) is 0 Å². The highest BCUT2D eigenvalue weighted by atomic mass is 16.8. The van der Waals surface area contributed by atoms with E-state index in [2.05, 4.69) is 6.58 Å². The normalized spacial score (nSPS) is 29.5. The standard InChI is InChI=1S/C8H14O4/c1-6-5-11-8(2,12-6)7(9-3)10-4/h7H,1,5H2,2-4H3. The summed E-state index contributed by atoms with van der Waals surface area (Å²) >= 11 is 0. The first kappa shape index (κ1) is 9.51. The lowest BCUT2D eigenvalue weighted by Crippen LogP contribution is -2.42. The van der Waals surface area contributed by atoms with Crippen molar-refractivity contribution in [2.24, 2.45) is 0 Å². The first-order valence-electron chi connectivity index (χ1n) is 3.68. The number of hydrogen-bond donors (Lipinski definition) is 0. The molecule has 0 spiro atoms. The second-order valence-corrected chi connectivity index (χ2v) is 2.75. The monoisotopic (exact) mass is 174 g/mol. The fourth-order valence-corrected chi connectivity index (χ4v) is 1.21. The maximum absolute atomic E-state index is 5.33. The maximum atomic E-state index is 5.33. The van der Waals surface area contributed by atoms with Crippen molar-refractivity contribution >= 4 is 0 Å². The molecule has 0 radical (unpaired) electrons. The molecule has 1 rings (SSSR count). The van der Waals surface area contributed by atoms with Gasteiger partial charge in [0.2, 0.25) is 6.29 Å². The molecular weight excluding hydrogens is 160 g/mol. The molecule has 0 saturated carbocycles.